The van der Waals surface area contributed by atoms with E-state index < -0.39 is 11.9 Å². The van der Waals surface area contributed by atoms with Crippen LogP contribution >= 0.6 is 15.9 Å². The number of halogens is 1. The number of carboxylic acids is 1. The fraction of sp³-hybridized carbons (Fsp3) is 0.188. The van der Waals surface area contributed by atoms with Gasteiger partial charge < -0.3 is 15.6 Å². The van der Waals surface area contributed by atoms with Crippen molar-refractivity contribution in [1.29, 1.82) is 0 Å². The third-order valence-electron chi connectivity index (χ3n) is 3.13. The smallest absolute Gasteiger partial charge is 0.312 e. The molecule has 4 nitrogen and oxygen atoms in total. The summed E-state index contributed by atoms with van der Waals surface area (Å²) in [6.07, 6.45) is 0. The summed E-state index contributed by atoms with van der Waals surface area (Å²) in [5.41, 5.74) is 7.23. The zero-order valence-corrected chi connectivity index (χ0v) is 12.9. The van der Waals surface area contributed by atoms with Crippen molar-refractivity contribution in [2.75, 3.05) is 6.54 Å². The lowest BCUT2D eigenvalue weighted by Crippen LogP contribution is -2.21. The monoisotopic (exact) mass is 349 g/mol. The lowest BCUT2D eigenvalue weighted by atomic mass is 9.99. The Kier molecular flexibility index (Phi) is 5.36. The molecule has 0 aliphatic rings. The molecule has 0 spiro atoms. The molecular weight excluding hydrogens is 334 g/mol. The minimum atomic E-state index is -0.928. The number of ether oxygens (including phenoxy) is 1. The number of benzene rings is 2. The first-order chi connectivity index (χ1) is 10.1. The van der Waals surface area contributed by atoms with Crippen LogP contribution in [0, 0.1) is 0 Å². The number of hydrogen-bond donors (Lipinski definition) is 2. The predicted octanol–water partition coefficient (Wildman–Crippen LogP) is 3.16. The van der Waals surface area contributed by atoms with Gasteiger partial charge in [0.15, 0.2) is 0 Å². The van der Waals surface area contributed by atoms with Crippen molar-refractivity contribution in [1.82, 2.24) is 0 Å². The molecule has 0 fully saturated rings. The Hall–Kier alpha value is -1.85. The van der Waals surface area contributed by atoms with Crippen LogP contribution < -0.4 is 10.5 Å². The van der Waals surface area contributed by atoms with Crippen LogP contribution in [0.1, 0.15) is 17.0 Å². The molecule has 0 aliphatic heterocycles. The molecular formula is C16H16BrNO3. The van der Waals surface area contributed by atoms with E-state index in [1.54, 1.807) is 18.2 Å². The van der Waals surface area contributed by atoms with Crippen LogP contribution in [0.2, 0.25) is 0 Å². The van der Waals surface area contributed by atoms with E-state index in [9.17, 15) is 4.79 Å². The van der Waals surface area contributed by atoms with Crippen LogP contribution in [-0.4, -0.2) is 17.6 Å². The maximum absolute atomic E-state index is 11.1. The molecule has 21 heavy (non-hydrogen) atoms. The third-order valence-corrected chi connectivity index (χ3v) is 3.75. The van der Waals surface area contributed by atoms with Crippen LogP contribution in [0.4, 0.5) is 0 Å². The van der Waals surface area contributed by atoms with Gasteiger partial charge in [-0.3, -0.25) is 4.79 Å². The largest absolute Gasteiger partial charge is 0.488 e. The topological polar surface area (TPSA) is 72.6 Å². The molecule has 0 heterocycles. The van der Waals surface area contributed by atoms with Crippen LogP contribution in [0.5, 0.6) is 5.75 Å². The molecule has 2 rings (SSSR count). The van der Waals surface area contributed by atoms with Gasteiger partial charge in [0.25, 0.3) is 0 Å². The van der Waals surface area contributed by atoms with Crippen LogP contribution in [-0.2, 0) is 11.4 Å². The summed E-state index contributed by atoms with van der Waals surface area (Å²) in [7, 11) is 0. The van der Waals surface area contributed by atoms with Gasteiger partial charge in [0.05, 0.1) is 10.4 Å². The second-order valence-electron chi connectivity index (χ2n) is 4.59. The maximum atomic E-state index is 11.1. The van der Waals surface area contributed by atoms with Crippen molar-refractivity contribution >= 4 is 21.9 Å². The van der Waals surface area contributed by atoms with Gasteiger partial charge >= 0.3 is 5.97 Å². The Morgan fingerprint density at radius 1 is 1.24 bits per heavy atom. The highest BCUT2D eigenvalue weighted by Crippen LogP contribution is 2.29. The van der Waals surface area contributed by atoms with Crippen LogP contribution in [0.15, 0.2) is 53.0 Å². The number of nitrogens with two attached hydrogens (primary N) is 1. The summed E-state index contributed by atoms with van der Waals surface area (Å²) >= 11 is 3.41. The lowest BCUT2D eigenvalue weighted by Gasteiger charge is -2.13. The predicted molar refractivity (Wildman–Crippen MR) is 84.3 cm³/mol. The summed E-state index contributed by atoms with van der Waals surface area (Å²) in [5.74, 6) is -0.962. The summed E-state index contributed by atoms with van der Waals surface area (Å²) in [4.78, 5) is 11.1. The summed E-state index contributed by atoms with van der Waals surface area (Å²) < 4.78 is 6.44. The number of hydrogen-bond acceptors (Lipinski definition) is 3. The normalized spacial score (nSPS) is 11.9. The summed E-state index contributed by atoms with van der Waals surface area (Å²) in [6.45, 7) is 0.518. The SMILES string of the molecule is NCC(C(=O)O)c1ccc(OCc2ccccc2)c(Br)c1. The van der Waals surface area contributed by atoms with Crippen molar-refractivity contribution in [2.45, 2.75) is 12.5 Å². The lowest BCUT2D eigenvalue weighted by molar-refractivity contribution is -0.138. The average Bonchev–Trinajstić information content (AvgIpc) is 2.48. The highest BCUT2D eigenvalue weighted by Gasteiger charge is 2.19. The Morgan fingerprint density at radius 3 is 2.52 bits per heavy atom. The van der Waals surface area contributed by atoms with E-state index >= 15 is 0 Å². The van der Waals surface area contributed by atoms with Crippen molar-refractivity contribution in [2.24, 2.45) is 5.73 Å². The maximum Gasteiger partial charge on any atom is 0.312 e. The zero-order chi connectivity index (χ0) is 15.2. The number of rotatable bonds is 6. The molecule has 0 saturated carbocycles. The first-order valence-corrected chi connectivity index (χ1v) is 7.30. The van der Waals surface area contributed by atoms with Gasteiger partial charge in [0.2, 0.25) is 0 Å². The molecule has 110 valence electrons. The van der Waals surface area contributed by atoms with Gasteiger partial charge in [0, 0.05) is 6.54 Å². The molecule has 0 bridgehead atoms. The Bertz CT molecular complexity index is 616. The second kappa shape index (κ2) is 7.24. The zero-order valence-electron chi connectivity index (χ0n) is 11.3. The number of carbonyl (C=O) groups is 1. The first kappa shape index (κ1) is 15.5. The van der Waals surface area contributed by atoms with Crippen LogP contribution in [0.25, 0.3) is 0 Å². The Balaban J connectivity index is 2.10. The third kappa shape index (κ3) is 4.06. The van der Waals surface area contributed by atoms with Crippen molar-refractivity contribution in [3.05, 3.63) is 64.1 Å². The van der Waals surface area contributed by atoms with Gasteiger partial charge in [0.1, 0.15) is 12.4 Å². The fourth-order valence-electron chi connectivity index (χ4n) is 1.97. The molecule has 5 heteroatoms. The van der Waals surface area contributed by atoms with E-state index in [-0.39, 0.29) is 6.54 Å². The molecule has 2 aromatic rings. The molecule has 3 N–H and O–H groups in total. The Morgan fingerprint density at radius 2 is 1.95 bits per heavy atom. The minimum Gasteiger partial charge on any atom is -0.488 e. The highest BCUT2D eigenvalue weighted by atomic mass is 79.9. The number of carboxylic acid groups (broad SMARTS) is 1. The van der Waals surface area contributed by atoms with Gasteiger partial charge in [-0.15, -0.1) is 0 Å². The number of aliphatic carboxylic acids is 1. The molecule has 0 amide bonds. The quantitative estimate of drug-likeness (QED) is 0.840. The average molecular weight is 350 g/mol. The van der Waals surface area contributed by atoms with Gasteiger partial charge in [-0.25, -0.2) is 0 Å². The van der Waals surface area contributed by atoms with Crippen molar-refractivity contribution in [3.63, 3.8) is 0 Å². The van der Waals surface area contributed by atoms with Gasteiger partial charge in [-0.05, 0) is 39.2 Å². The molecule has 0 saturated heterocycles. The van der Waals surface area contributed by atoms with E-state index in [1.165, 1.54) is 0 Å². The minimum absolute atomic E-state index is 0.0615. The molecule has 0 aromatic heterocycles. The molecule has 2 aromatic carbocycles. The summed E-state index contributed by atoms with van der Waals surface area (Å²) in [5, 5.41) is 9.11. The molecule has 1 unspecified atom stereocenters. The van der Waals surface area contributed by atoms with Gasteiger partial charge in [-0.2, -0.15) is 0 Å². The molecule has 0 aliphatic carbocycles. The standard InChI is InChI=1S/C16H16BrNO3/c17-14-8-12(13(9-18)16(19)20)6-7-15(14)21-10-11-4-2-1-3-5-11/h1-8,13H,9-10,18H2,(H,19,20). The van der Waals surface area contributed by atoms with Crippen molar-refractivity contribution in [3.8, 4) is 5.75 Å². The Labute approximate surface area is 131 Å². The molecule has 1 atom stereocenters. The van der Waals surface area contributed by atoms with E-state index in [4.69, 9.17) is 15.6 Å². The first-order valence-electron chi connectivity index (χ1n) is 6.51. The molecule has 0 radical (unpaired) electrons. The summed E-state index contributed by atoms with van der Waals surface area (Å²) in [6, 6.07) is 15.1. The van der Waals surface area contributed by atoms with E-state index in [2.05, 4.69) is 15.9 Å². The highest BCUT2D eigenvalue weighted by molar-refractivity contribution is 9.10. The van der Waals surface area contributed by atoms with E-state index in [0.717, 1.165) is 10.0 Å². The van der Waals surface area contributed by atoms with Crippen molar-refractivity contribution < 1.29 is 14.6 Å². The van der Waals surface area contributed by atoms with Crippen LogP contribution in [0.3, 0.4) is 0 Å². The van der Waals surface area contributed by atoms with E-state index in [0.29, 0.717) is 17.9 Å². The second-order valence-corrected chi connectivity index (χ2v) is 5.44. The fourth-order valence-corrected chi connectivity index (χ4v) is 2.48. The van der Waals surface area contributed by atoms with Gasteiger partial charge in [-0.1, -0.05) is 36.4 Å². The van der Waals surface area contributed by atoms with E-state index in [1.807, 2.05) is 30.3 Å².